The molecule has 0 radical (unpaired) electrons. The molecule has 0 aliphatic rings. The Kier molecular flexibility index (Phi) is 5.86. The molecule has 1 aromatic carbocycles. The zero-order valence-corrected chi connectivity index (χ0v) is 13.1. The SMILES string of the molecule is CCC(C)(C)CNc1cc(C)ccc1CCC(C)O. The van der Waals surface area contributed by atoms with E-state index in [0.29, 0.717) is 5.41 Å². The Bertz CT molecular complexity index is 396. The number of anilines is 1. The van der Waals surface area contributed by atoms with Crippen LogP contribution in [-0.2, 0) is 6.42 Å². The van der Waals surface area contributed by atoms with E-state index in [9.17, 15) is 5.11 Å². The molecule has 2 heteroatoms. The van der Waals surface area contributed by atoms with Crippen molar-refractivity contribution < 1.29 is 5.11 Å². The summed E-state index contributed by atoms with van der Waals surface area (Å²) in [5.74, 6) is 0. The van der Waals surface area contributed by atoms with Gasteiger partial charge in [0.15, 0.2) is 0 Å². The van der Waals surface area contributed by atoms with Gasteiger partial charge in [-0.15, -0.1) is 0 Å². The number of aryl methyl sites for hydroxylation is 2. The van der Waals surface area contributed by atoms with E-state index in [4.69, 9.17) is 0 Å². The second-order valence-corrected chi connectivity index (χ2v) is 6.42. The molecule has 2 N–H and O–H groups in total. The van der Waals surface area contributed by atoms with E-state index in [-0.39, 0.29) is 6.10 Å². The van der Waals surface area contributed by atoms with Crippen molar-refractivity contribution >= 4 is 5.69 Å². The number of hydrogen-bond acceptors (Lipinski definition) is 2. The van der Waals surface area contributed by atoms with E-state index < -0.39 is 0 Å². The Morgan fingerprint density at radius 3 is 2.58 bits per heavy atom. The van der Waals surface area contributed by atoms with Gasteiger partial charge >= 0.3 is 0 Å². The topological polar surface area (TPSA) is 32.3 Å². The first kappa shape index (κ1) is 16.0. The van der Waals surface area contributed by atoms with Crippen molar-refractivity contribution in [1.82, 2.24) is 0 Å². The molecule has 0 heterocycles. The molecule has 1 unspecified atom stereocenters. The number of rotatable bonds is 7. The maximum Gasteiger partial charge on any atom is 0.0515 e. The smallest absolute Gasteiger partial charge is 0.0515 e. The average Bonchev–Trinajstić information content (AvgIpc) is 2.35. The van der Waals surface area contributed by atoms with E-state index in [0.717, 1.165) is 25.8 Å². The molecule has 0 saturated carbocycles. The highest BCUT2D eigenvalue weighted by Gasteiger charge is 2.15. The van der Waals surface area contributed by atoms with Gasteiger partial charge < -0.3 is 10.4 Å². The maximum absolute atomic E-state index is 9.44. The molecule has 1 aromatic rings. The first-order valence-electron chi connectivity index (χ1n) is 7.35. The van der Waals surface area contributed by atoms with Gasteiger partial charge in [-0.2, -0.15) is 0 Å². The van der Waals surface area contributed by atoms with Gasteiger partial charge in [-0.05, 0) is 55.7 Å². The van der Waals surface area contributed by atoms with Gasteiger partial charge in [0, 0.05) is 12.2 Å². The minimum atomic E-state index is -0.235. The summed E-state index contributed by atoms with van der Waals surface area (Å²) in [4.78, 5) is 0. The minimum absolute atomic E-state index is 0.235. The number of hydrogen-bond donors (Lipinski definition) is 2. The summed E-state index contributed by atoms with van der Waals surface area (Å²) in [6, 6.07) is 6.54. The summed E-state index contributed by atoms with van der Waals surface area (Å²) in [7, 11) is 0. The molecule has 2 nitrogen and oxygen atoms in total. The van der Waals surface area contributed by atoms with Crippen LogP contribution in [0.4, 0.5) is 5.69 Å². The number of aliphatic hydroxyl groups excluding tert-OH is 1. The van der Waals surface area contributed by atoms with Crippen LogP contribution < -0.4 is 5.32 Å². The Morgan fingerprint density at radius 1 is 1.32 bits per heavy atom. The molecule has 0 aliphatic heterocycles. The molecule has 0 aliphatic carbocycles. The third-order valence-electron chi connectivity index (χ3n) is 3.81. The normalized spacial score (nSPS) is 13.4. The lowest BCUT2D eigenvalue weighted by atomic mass is 9.90. The van der Waals surface area contributed by atoms with Gasteiger partial charge in [0.1, 0.15) is 0 Å². The lowest BCUT2D eigenvalue weighted by Crippen LogP contribution is -2.22. The van der Waals surface area contributed by atoms with E-state index in [1.165, 1.54) is 16.8 Å². The van der Waals surface area contributed by atoms with E-state index in [1.54, 1.807) is 0 Å². The third-order valence-corrected chi connectivity index (χ3v) is 3.81. The molecule has 0 aromatic heterocycles. The van der Waals surface area contributed by atoms with Crippen LogP contribution in [0.1, 0.15) is 51.7 Å². The second-order valence-electron chi connectivity index (χ2n) is 6.42. The van der Waals surface area contributed by atoms with E-state index in [2.05, 4.69) is 51.2 Å². The zero-order chi connectivity index (χ0) is 14.5. The van der Waals surface area contributed by atoms with Crippen LogP contribution in [0, 0.1) is 12.3 Å². The lowest BCUT2D eigenvalue weighted by Gasteiger charge is -2.25. The molecule has 0 amide bonds. The van der Waals surface area contributed by atoms with Crippen molar-refractivity contribution in [2.45, 2.75) is 60.0 Å². The lowest BCUT2D eigenvalue weighted by molar-refractivity contribution is 0.185. The molecule has 108 valence electrons. The summed E-state index contributed by atoms with van der Waals surface area (Å²) < 4.78 is 0. The Hall–Kier alpha value is -1.02. The highest BCUT2D eigenvalue weighted by atomic mass is 16.3. The van der Waals surface area contributed by atoms with Gasteiger partial charge in [0.2, 0.25) is 0 Å². The van der Waals surface area contributed by atoms with E-state index >= 15 is 0 Å². The van der Waals surface area contributed by atoms with Crippen LogP contribution in [0.2, 0.25) is 0 Å². The zero-order valence-electron chi connectivity index (χ0n) is 13.1. The fourth-order valence-corrected chi connectivity index (χ4v) is 1.90. The van der Waals surface area contributed by atoms with Crippen molar-refractivity contribution in [2.75, 3.05) is 11.9 Å². The highest BCUT2D eigenvalue weighted by molar-refractivity contribution is 5.53. The first-order valence-corrected chi connectivity index (χ1v) is 7.35. The van der Waals surface area contributed by atoms with Crippen molar-refractivity contribution in [1.29, 1.82) is 0 Å². The van der Waals surface area contributed by atoms with Crippen LogP contribution in [-0.4, -0.2) is 17.8 Å². The van der Waals surface area contributed by atoms with Gasteiger partial charge in [0.05, 0.1) is 6.10 Å². The molecule has 19 heavy (non-hydrogen) atoms. The fourth-order valence-electron chi connectivity index (χ4n) is 1.90. The van der Waals surface area contributed by atoms with Gasteiger partial charge in [-0.25, -0.2) is 0 Å². The van der Waals surface area contributed by atoms with Crippen LogP contribution in [0.25, 0.3) is 0 Å². The van der Waals surface area contributed by atoms with Crippen molar-refractivity contribution in [3.8, 4) is 0 Å². The van der Waals surface area contributed by atoms with Crippen LogP contribution in [0.3, 0.4) is 0 Å². The second kappa shape index (κ2) is 6.95. The molecule has 0 bridgehead atoms. The van der Waals surface area contributed by atoms with Crippen molar-refractivity contribution in [2.24, 2.45) is 5.41 Å². The van der Waals surface area contributed by atoms with Gasteiger partial charge in [0.25, 0.3) is 0 Å². The highest BCUT2D eigenvalue weighted by Crippen LogP contribution is 2.24. The summed E-state index contributed by atoms with van der Waals surface area (Å²) in [6.07, 6.45) is 2.66. The monoisotopic (exact) mass is 263 g/mol. The molecule has 0 spiro atoms. The van der Waals surface area contributed by atoms with Crippen LogP contribution >= 0.6 is 0 Å². The molecule has 0 saturated heterocycles. The van der Waals surface area contributed by atoms with E-state index in [1.807, 2.05) is 6.92 Å². The first-order chi connectivity index (χ1) is 8.84. The standard InChI is InChI=1S/C17H29NO/c1-6-17(4,5)12-18-16-11-13(2)7-9-15(16)10-8-14(3)19/h7,9,11,14,18-19H,6,8,10,12H2,1-5H3. The molecular weight excluding hydrogens is 234 g/mol. The van der Waals surface area contributed by atoms with Gasteiger partial charge in [-0.3, -0.25) is 0 Å². The largest absolute Gasteiger partial charge is 0.393 e. The van der Waals surface area contributed by atoms with Crippen molar-refractivity contribution in [3.05, 3.63) is 29.3 Å². The van der Waals surface area contributed by atoms with Gasteiger partial charge in [-0.1, -0.05) is 32.9 Å². The minimum Gasteiger partial charge on any atom is -0.393 e. The Balaban J connectivity index is 2.76. The quantitative estimate of drug-likeness (QED) is 0.774. The summed E-state index contributed by atoms with van der Waals surface area (Å²) in [6.45, 7) is 11.7. The van der Waals surface area contributed by atoms with Crippen LogP contribution in [0.5, 0.6) is 0 Å². The van der Waals surface area contributed by atoms with Crippen LogP contribution in [0.15, 0.2) is 18.2 Å². The molecule has 0 fully saturated rings. The third kappa shape index (κ3) is 5.65. The fraction of sp³-hybridized carbons (Fsp3) is 0.647. The predicted molar refractivity (Wildman–Crippen MR) is 83.7 cm³/mol. The number of nitrogens with one attached hydrogen (secondary N) is 1. The summed E-state index contributed by atoms with van der Waals surface area (Å²) in [5, 5.41) is 13.0. The average molecular weight is 263 g/mol. The summed E-state index contributed by atoms with van der Waals surface area (Å²) >= 11 is 0. The number of benzene rings is 1. The number of aliphatic hydroxyl groups is 1. The maximum atomic E-state index is 9.44. The Labute approximate surface area is 118 Å². The predicted octanol–water partition coefficient (Wildman–Crippen LogP) is 4.16. The molecule has 1 rings (SSSR count). The summed E-state index contributed by atoms with van der Waals surface area (Å²) in [5.41, 5.74) is 4.11. The Morgan fingerprint density at radius 2 is 2.00 bits per heavy atom. The van der Waals surface area contributed by atoms with Crippen molar-refractivity contribution in [3.63, 3.8) is 0 Å². The molecular formula is C17H29NO. The molecule has 1 atom stereocenters.